The maximum atomic E-state index is 13.4. The fraction of sp³-hybridized carbons (Fsp3) is 0.208. The lowest BCUT2D eigenvalue weighted by molar-refractivity contribution is -0.133. The van der Waals surface area contributed by atoms with E-state index in [9.17, 15) is 14.0 Å². The number of ether oxygens (including phenoxy) is 1. The van der Waals surface area contributed by atoms with Crippen LogP contribution in [-0.4, -0.2) is 48.1 Å². The van der Waals surface area contributed by atoms with E-state index < -0.39 is 0 Å². The average molecular weight is 452 g/mol. The van der Waals surface area contributed by atoms with Crippen LogP contribution in [0, 0.1) is 5.82 Å². The summed E-state index contributed by atoms with van der Waals surface area (Å²) >= 11 is 1.55. The second-order valence-corrected chi connectivity index (χ2v) is 8.37. The van der Waals surface area contributed by atoms with Crippen LogP contribution in [0.15, 0.2) is 71.1 Å². The van der Waals surface area contributed by atoms with Crippen LogP contribution in [0.5, 0.6) is 5.75 Å². The van der Waals surface area contributed by atoms with Gasteiger partial charge in [0.15, 0.2) is 0 Å². The summed E-state index contributed by atoms with van der Waals surface area (Å²) in [6, 6.07) is 16.3. The predicted octanol–water partition coefficient (Wildman–Crippen LogP) is 4.35. The van der Waals surface area contributed by atoms with Gasteiger partial charge in [-0.25, -0.2) is 9.40 Å². The number of nitrogens with zero attached hydrogens (tertiary/aromatic N) is 3. The van der Waals surface area contributed by atoms with Crippen molar-refractivity contribution < 1.29 is 18.7 Å². The maximum absolute atomic E-state index is 13.4. The molecule has 0 N–H and O–H groups in total. The van der Waals surface area contributed by atoms with E-state index in [0.717, 1.165) is 16.2 Å². The van der Waals surface area contributed by atoms with Gasteiger partial charge in [-0.05, 0) is 53.4 Å². The third kappa shape index (κ3) is 4.55. The molecule has 1 atom stereocenters. The standard InChI is InChI=1S/C24H22FN3O3S/c1-27(24(30)17-7-11-19(31-2)12-8-17)15-23(29)28-21(16-5-9-18(25)10-6-16)14-20(26-28)22-4-3-13-32-22/h3-13,21H,14-15H2,1-2H3/t21-/m1/s1. The SMILES string of the molecule is COc1ccc(C(=O)N(C)CC(=O)N2N=C(c3cccs3)C[C@@H]2c2ccc(F)cc2)cc1. The first-order chi connectivity index (χ1) is 15.5. The van der Waals surface area contributed by atoms with Crippen molar-refractivity contribution in [3.05, 3.63) is 87.9 Å². The van der Waals surface area contributed by atoms with Crippen molar-refractivity contribution in [2.45, 2.75) is 12.5 Å². The molecule has 1 aliphatic rings. The molecule has 2 aromatic carbocycles. The van der Waals surface area contributed by atoms with E-state index >= 15 is 0 Å². The van der Waals surface area contributed by atoms with Gasteiger partial charge in [-0.3, -0.25) is 9.59 Å². The van der Waals surface area contributed by atoms with Crippen molar-refractivity contribution in [2.24, 2.45) is 5.10 Å². The van der Waals surface area contributed by atoms with E-state index in [4.69, 9.17) is 4.74 Å². The second-order valence-electron chi connectivity index (χ2n) is 7.42. The molecule has 0 aliphatic carbocycles. The fourth-order valence-corrected chi connectivity index (χ4v) is 4.30. The number of amides is 2. The van der Waals surface area contributed by atoms with Crippen LogP contribution in [-0.2, 0) is 4.79 Å². The first kappa shape index (κ1) is 21.7. The first-order valence-electron chi connectivity index (χ1n) is 10.0. The molecule has 2 amide bonds. The van der Waals surface area contributed by atoms with Gasteiger partial charge in [0.25, 0.3) is 11.8 Å². The minimum atomic E-state index is -0.357. The lowest BCUT2D eigenvalue weighted by atomic mass is 10.0. The summed E-state index contributed by atoms with van der Waals surface area (Å²) in [6.07, 6.45) is 0.522. The smallest absolute Gasteiger partial charge is 0.262 e. The Balaban J connectivity index is 1.54. The summed E-state index contributed by atoms with van der Waals surface area (Å²) < 4.78 is 18.6. The highest BCUT2D eigenvalue weighted by molar-refractivity contribution is 7.12. The number of hydrazone groups is 1. The van der Waals surface area contributed by atoms with Gasteiger partial charge >= 0.3 is 0 Å². The Hall–Kier alpha value is -3.52. The minimum absolute atomic E-state index is 0.135. The largest absolute Gasteiger partial charge is 0.497 e. The molecule has 0 bridgehead atoms. The Morgan fingerprint density at radius 1 is 1.16 bits per heavy atom. The van der Waals surface area contributed by atoms with Gasteiger partial charge in [0.05, 0.1) is 23.7 Å². The summed E-state index contributed by atoms with van der Waals surface area (Å²) in [5.74, 6) is -0.278. The molecule has 164 valence electrons. The summed E-state index contributed by atoms with van der Waals surface area (Å²) in [7, 11) is 3.14. The summed E-state index contributed by atoms with van der Waals surface area (Å²) in [5, 5.41) is 7.95. The number of halogens is 1. The van der Waals surface area contributed by atoms with E-state index in [2.05, 4.69) is 5.10 Å². The van der Waals surface area contributed by atoms with Crippen LogP contribution in [0.2, 0.25) is 0 Å². The first-order valence-corrected chi connectivity index (χ1v) is 10.9. The topological polar surface area (TPSA) is 62.2 Å². The molecule has 3 aromatic rings. The van der Waals surface area contributed by atoms with Gasteiger partial charge in [0.1, 0.15) is 18.1 Å². The second kappa shape index (κ2) is 9.32. The molecule has 1 aliphatic heterocycles. The van der Waals surface area contributed by atoms with E-state index in [1.165, 1.54) is 22.0 Å². The Labute approximate surface area is 189 Å². The number of likely N-dealkylation sites (N-methyl/N-ethyl adjacent to an activating group) is 1. The van der Waals surface area contributed by atoms with Gasteiger partial charge in [0, 0.05) is 19.0 Å². The minimum Gasteiger partial charge on any atom is -0.497 e. The number of hydrogen-bond acceptors (Lipinski definition) is 5. The number of thiophene rings is 1. The van der Waals surface area contributed by atoms with Crippen molar-refractivity contribution in [1.29, 1.82) is 0 Å². The van der Waals surface area contributed by atoms with Crippen LogP contribution in [0.4, 0.5) is 4.39 Å². The highest BCUT2D eigenvalue weighted by Crippen LogP contribution is 2.34. The lowest BCUT2D eigenvalue weighted by Crippen LogP contribution is -2.39. The highest BCUT2D eigenvalue weighted by atomic mass is 32.1. The molecule has 0 radical (unpaired) electrons. The van der Waals surface area contributed by atoms with Crippen molar-refractivity contribution in [3.63, 3.8) is 0 Å². The maximum Gasteiger partial charge on any atom is 0.262 e. The van der Waals surface area contributed by atoms with Crippen LogP contribution in [0.3, 0.4) is 0 Å². The van der Waals surface area contributed by atoms with Crippen LogP contribution >= 0.6 is 11.3 Å². The fourth-order valence-electron chi connectivity index (χ4n) is 3.58. The van der Waals surface area contributed by atoms with Crippen LogP contribution in [0.25, 0.3) is 0 Å². The molecule has 1 aromatic heterocycles. The average Bonchev–Trinajstić information content (AvgIpc) is 3.49. The van der Waals surface area contributed by atoms with Crippen molar-refractivity contribution >= 4 is 28.9 Å². The molecule has 0 saturated carbocycles. The summed E-state index contributed by atoms with van der Waals surface area (Å²) in [6.45, 7) is -0.135. The van der Waals surface area contributed by atoms with Crippen molar-refractivity contribution in [1.82, 2.24) is 9.91 Å². The summed E-state index contributed by atoms with van der Waals surface area (Å²) in [5.41, 5.74) is 2.05. The quantitative estimate of drug-likeness (QED) is 0.560. The monoisotopic (exact) mass is 451 g/mol. The molecule has 8 heteroatoms. The third-order valence-corrected chi connectivity index (χ3v) is 6.20. The molecule has 32 heavy (non-hydrogen) atoms. The number of methoxy groups -OCH3 is 1. The molecule has 2 heterocycles. The zero-order valence-corrected chi connectivity index (χ0v) is 18.5. The highest BCUT2D eigenvalue weighted by Gasteiger charge is 2.34. The Morgan fingerprint density at radius 2 is 1.88 bits per heavy atom. The van der Waals surface area contributed by atoms with Gasteiger partial charge in [-0.15, -0.1) is 11.3 Å². The van der Waals surface area contributed by atoms with Crippen LogP contribution < -0.4 is 4.74 Å². The zero-order chi connectivity index (χ0) is 22.7. The molecule has 0 unspecified atom stereocenters. The zero-order valence-electron chi connectivity index (χ0n) is 17.7. The molecule has 0 spiro atoms. The Kier molecular flexibility index (Phi) is 6.32. The Morgan fingerprint density at radius 3 is 2.50 bits per heavy atom. The molecule has 6 nitrogen and oxygen atoms in total. The normalized spacial score (nSPS) is 15.4. The van der Waals surface area contributed by atoms with Gasteiger partial charge < -0.3 is 9.64 Å². The number of rotatable bonds is 6. The van der Waals surface area contributed by atoms with Gasteiger partial charge in [-0.2, -0.15) is 5.10 Å². The molecule has 0 fully saturated rings. The van der Waals surface area contributed by atoms with E-state index in [-0.39, 0.29) is 30.2 Å². The van der Waals surface area contributed by atoms with E-state index in [1.807, 2.05) is 17.5 Å². The van der Waals surface area contributed by atoms with Crippen molar-refractivity contribution in [2.75, 3.05) is 20.7 Å². The third-order valence-electron chi connectivity index (χ3n) is 5.28. The number of hydrogen-bond donors (Lipinski definition) is 0. The van der Waals surface area contributed by atoms with Crippen LogP contribution in [0.1, 0.15) is 33.3 Å². The predicted molar refractivity (Wildman–Crippen MR) is 121 cm³/mol. The van der Waals surface area contributed by atoms with E-state index in [0.29, 0.717) is 17.7 Å². The number of carbonyl (C=O) groups is 2. The molecular formula is C24H22FN3O3S. The molecular weight excluding hydrogens is 429 g/mol. The number of benzene rings is 2. The van der Waals surface area contributed by atoms with E-state index in [1.54, 1.807) is 61.9 Å². The molecule has 0 saturated heterocycles. The lowest BCUT2D eigenvalue weighted by Gasteiger charge is -2.25. The van der Waals surface area contributed by atoms with Gasteiger partial charge in [-0.1, -0.05) is 18.2 Å². The van der Waals surface area contributed by atoms with Gasteiger partial charge in [0.2, 0.25) is 0 Å². The Bertz CT molecular complexity index is 1130. The van der Waals surface area contributed by atoms with Crippen molar-refractivity contribution in [3.8, 4) is 5.75 Å². The molecule has 4 rings (SSSR count). The number of carbonyl (C=O) groups excluding carboxylic acids is 2. The summed E-state index contributed by atoms with van der Waals surface area (Å²) in [4.78, 5) is 28.3.